The number of nitrogens with one attached hydrogen (secondary N) is 1. The second-order valence-corrected chi connectivity index (χ2v) is 5.57. The molecule has 0 bridgehead atoms. The molecule has 2 N–H and O–H groups in total. The van der Waals surface area contributed by atoms with E-state index in [0.717, 1.165) is 48.5 Å². The normalized spacial score (nSPS) is 16.9. The second kappa shape index (κ2) is 5.31. The number of aromatic nitrogens is 2. The number of hydrogen-bond acceptors (Lipinski definition) is 4. The molecule has 0 atom stereocenters. The zero-order chi connectivity index (χ0) is 12.3. The summed E-state index contributed by atoms with van der Waals surface area (Å²) >= 11 is 3.40. The number of hydrogen-bond donors (Lipinski definition) is 2. The first-order chi connectivity index (χ1) is 8.17. The summed E-state index contributed by atoms with van der Waals surface area (Å²) in [7, 11) is 0. The molecule has 1 aliphatic carbocycles. The molecule has 0 saturated heterocycles. The lowest BCUT2D eigenvalue weighted by atomic mass is 10.1. The van der Waals surface area contributed by atoms with Crippen molar-refractivity contribution in [2.75, 3.05) is 18.5 Å². The van der Waals surface area contributed by atoms with E-state index in [1.165, 1.54) is 0 Å². The van der Waals surface area contributed by atoms with Crippen LogP contribution in [0.2, 0.25) is 0 Å². The molecule has 1 fully saturated rings. The van der Waals surface area contributed by atoms with Crippen LogP contribution >= 0.6 is 15.9 Å². The van der Waals surface area contributed by atoms with Crippen molar-refractivity contribution in [2.45, 2.75) is 32.6 Å². The molecule has 0 aromatic carbocycles. The molecule has 0 radical (unpaired) electrons. The van der Waals surface area contributed by atoms with Crippen LogP contribution in [0.25, 0.3) is 0 Å². The van der Waals surface area contributed by atoms with E-state index in [2.05, 4.69) is 38.1 Å². The largest absolute Gasteiger partial charge is 0.396 e. The molecule has 0 amide bonds. The van der Waals surface area contributed by atoms with E-state index in [0.29, 0.717) is 0 Å². The van der Waals surface area contributed by atoms with Gasteiger partial charge in [0.05, 0.1) is 6.61 Å². The Balaban J connectivity index is 2.00. The summed E-state index contributed by atoms with van der Waals surface area (Å²) in [6.45, 7) is 3.16. The Bertz CT molecular complexity index is 393. The monoisotopic (exact) mass is 299 g/mol. The summed E-state index contributed by atoms with van der Waals surface area (Å²) in [6.07, 6.45) is 4.13. The van der Waals surface area contributed by atoms with E-state index in [-0.39, 0.29) is 12.0 Å². The number of aliphatic hydroxyl groups is 1. The van der Waals surface area contributed by atoms with Gasteiger partial charge in [0.1, 0.15) is 16.2 Å². The van der Waals surface area contributed by atoms with Crippen LogP contribution in [-0.2, 0) is 6.42 Å². The third-order valence-corrected chi connectivity index (χ3v) is 3.56. The summed E-state index contributed by atoms with van der Waals surface area (Å²) < 4.78 is 0.812. The first kappa shape index (κ1) is 12.8. The van der Waals surface area contributed by atoms with Crippen LogP contribution in [0.4, 0.5) is 5.82 Å². The van der Waals surface area contributed by atoms with Gasteiger partial charge < -0.3 is 10.4 Å². The maximum Gasteiger partial charge on any atom is 0.132 e. The quantitative estimate of drug-likeness (QED) is 0.792. The smallest absolute Gasteiger partial charge is 0.132 e. The van der Waals surface area contributed by atoms with Crippen LogP contribution < -0.4 is 5.32 Å². The van der Waals surface area contributed by atoms with Crippen LogP contribution in [0.15, 0.2) is 10.7 Å². The molecule has 2 rings (SSSR count). The van der Waals surface area contributed by atoms with Crippen LogP contribution in [0, 0.1) is 5.41 Å². The lowest BCUT2D eigenvalue weighted by Gasteiger charge is -2.13. The molecule has 17 heavy (non-hydrogen) atoms. The summed E-state index contributed by atoms with van der Waals surface area (Å²) in [4.78, 5) is 8.77. The minimum atomic E-state index is 0.0995. The van der Waals surface area contributed by atoms with E-state index in [9.17, 15) is 5.11 Å². The van der Waals surface area contributed by atoms with Gasteiger partial charge in [0.15, 0.2) is 0 Å². The highest BCUT2D eigenvalue weighted by Crippen LogP contribution is 2.44. The first-order valence-electron chi connectivity index (χ1n) is 6.06. The van der Waals surface area contributed by atoms with Crippen LogP contribution in [-0.4, -0.2) is 28.2 Å². The fourth-order valence-corrected chi connectivity index (χ4v) is 2.16. The first-order valence-corrected chi connectivity index (χ1v) is 6.85. The lowest BCUT2D eigenvalue weighted by Crippen LogP contribution is -2.19. The molecule has 0 unspecified atom stereocenters. The van der Waals surface area contributed by atoms with Gasteiger partial charge in [-0.05, 0) is 35.2 Å². The average molecular weight is 300 g/mol. The summed E-state index contributed by atoms with van der Waals surface area (Å²) in [5.74, 6) is 1.70. The highest BCUT2D eigenvalue weighted by Gasteiger charge is 2.41. The lowest BCUT2D eigenvalue weighted by molar-refractivity contribution is 0.219. The van der Waals surface area contributed by atoms with Crippen molar-refractivity contribution >= 4 is 21.7 Å². The number of anilines is 1. The predicted octanol–water partition coefficient (Wildman–Crippen LogP) is 2.38. The summed E-state index contributed by atoms with van der Waals surface area (Å²) in [6, 6.07) is 1.88. The van der Waals surface area contributed by atoms with Crippen LogP contribution in [0.5, 0.6) is 0 Å². The SMILES string of the molecule is CCCc1nc(Br)cc(NCC2(CO)CC2)n1. The Labute approximate surface area is 110 Å². The van der Waals surface area contributed by atoms with Crippen molar-refractivity contribution in [3.05, 3.63) is 16.5 Å². The van der Waals surface area contributed by atoms with Gasteiger partial charge in [-0.2, -0.15) is 0 Å². The van der Waals surface area contributed by atoms with E-state index in [1.807, 2.05) is 6.07 Å². The highest BCUT2D eigenvalue weighted by atomic mass is 79.9. The molecule has 0 spiro atoms. The molecule has 5 heteroatoms. The second-order valence-electron chi connectivity index (χ2n) is 4.75. The summed E-state index contributed by atoms with van der Waals surface area (Å²) in [5.41, 5.74) is 0.0995. The zero-order valence-electron chi connectivity index (χ0n) is 10.0. The van der Waals surface area contributed by atoms with Gasteiger partial charge in [-0.25, -0.2) is 9.97 Å². The van der Waals surface area contributed by atoms with Crippen LogP contribution in [0.1, 0.15) is 32.0 Å². The number of nitrogens with zero attached hydrogens (tertiary/aromatic N) is 2. The van der Waals surface area contributed by atoms with Gasteiger partial charge in [-0.3, -0.25) is 0 Å². The number of rotatable bonds is 6. The number of halogens is 1. The molecule has 1 aliphatic rings. The van der Waals surface area contributed by atoms with Crippen LogP contribution in [0.3, 0.4) is 0 Å². The zero-order valence-corrected chi connectivity index (χ0v) is 11.6. The van der Waals surface area contributed by atoms with Crippen molar-refractivity contribution in [3.8, 4) is 0 Å². The standard InChI is InChI=1S/C12H18BrN3O/c1-2-3-10-15-9(13)6-11(16-10)14-7-12(8-17)4-5-12/h6,17H,2-5,7-8H2,1H3,(H,14,15,16). The Morgan fingerprint density at radius 3 is 2.82 bits per heavy atom. The van der Waals surface area contributed by atoms with Gasteiger partial charge >= 0.3 is 0 Å². The van der Waals surface area contributed by atoms with E-state index in [4.69, 9.17) is 0 Å². The van der Waals surface area contributed by atoms with E-state index >= 15 is 0 Å². The highest BCUT2D eigenvalue weighted by molar-refractivity contribution is 9.10. The van der Waals surface area contributed by atoms with Gasteiger partial charge in [-0.1, -0.05) is 6.92 Å². The van der Waals surface area contributed by atoms with Gasteiger partial charge in [0.2, 0.25) is 0 Å². The molecular formula is C12H18BrN3O. The Hall–Kier alpha value is -0.680. The fraction of sp³-hybridized carbons (Fsp3) is 0.667. The van der Waals surface area contributed by atoms with Crippen molar-refractivity contribution in [1.82, 2.24) is 9.97 Å². The van der Waals surface area contributed by atoms with Gasteiger partial charge in [0.25, 0.3) is 0 Å². The maximum absolute atomic E-state index is 9.25. The third kappa shape index (κ3) is 3.39. The number of aliphatic hydroxyl groups excluding tert-OH is 1. The maximum atomic E-state index is 9.25. The molecule has 1 saturated carbocycles. The van der Waals surface area contributed by atoms with E-state index < -0.39 is 0 Å². The predicted molar refractivity (Wildman–Crippen MR) is 71.0 cm³/mol. The molecular weight excluding hydrogens is 282 g/mol. The summed E-state index contributed by atoms with van der Waals surface area (Å²) in [5, 5.41) is 12.5. The van der Waals surface area contributed by atoms with Crippen molar-refractivity contribution in [3.63, 3.8) is 0 Å². The number of aryl methyl sites for hydroxylation is 1. The Kier molecular flexibility index (Phi) is 3.99. The molecule has 1 aromatic rings. The third-order valence-electron chi connectivity index (χ3n) is 3.15. The topological polar surface area (TPSA) is 58.0 Å². The molecule has 1 heterocycles. The molecule has 4 nitrogen and oxygen atoms in total. The molecule has 1 aromatic heterocycles. The molecule has 94 valence electrons. The average Bonchev–Trinajstić information content (AvgIpc) is 3.07. The fourth-order valence-electron chi connectivity index (χ4n) is 1.74. The van der Waals surface area contributed by atoms with Gasteiger partial charge in [0, 0.05) is 24.4 Å². The Morgan fingerprint density at radius 2 is 2.24 bits per heavy atom. The van der Waals surface area contributed by atoms with Gasteiger partial charge in [-0.15, -0.1) is 0 Å². The minimum absolute atomic E-state index is 0.0995. The van der Waals surface area contributed by atoms with Crippen molar-refractivity contribution < 1.29 is 5.11 Å². The van der Waals surface area contributed by atoms with Crippen molar-refractivity contribution in [1.29, 1.82) is 0 Å². The minimum Gasteiger partial charge on any atom is -0.396 e. The van der Waals surface area contributed by atoms with E-state index in [1.54, 1.807) is 0 Å². The Morgan fingerprint density at radius 1 is 1.47 bits per heavy atom. The van der Waals surface area contributed by atoms with Crippen molar-refractivity contribution in [2.24, 2.45) is 5.41 Å². The molecule has 0 aliphatic heterocycles.